The van der Waals surface area contributed by atoms with Gasteiger partial charge in [0.25, 0.3) is 0 Å². The van der Waals surface area contributed by atoms with Gasteiger partial charge in [0.2, 0.25) is 0 Å². The van der Waals surface area contributed by atoms with E-state index in [2.05, 4.69) is 58.8 Å². The number of ether oxygens (including phenoxy) is 1. The number of anilines is 1. The van der Waals surface area contributed by atoms with Crippen LogP contribution < -0.4 is 5.32 Å². The van der Waals surface area contributed by atoms with Crippen LogP contribution in [0.25, 0.3) is 21.3 Å². The number of thiophene rings is 1. The van der Waals surface area contributed by atoms with Gasteiger partial charge in [-0.25, -0.2) is 14.8 Å². The Bertz CT molecular complexity index is 1010. The van der Waals surface area contributed by atoms with E-state index in [0.717, 1.165) is 34.4 Å². The molecule has 1 aliphatic heterocycles. The summed E-state index contributed by atoms with van der Waals surface area (Å²) < 4.78 is 5.12. The Balaban J connectivity index is 1.54. The monoisotopic (exact) mass is 424 g/mol. The number of hydrogen-bond donors (Lipinski definition) is 1. The zero-order valence-electron chi connectivity index (χ0n) is 17.7. The Kier molecular flexibility index (Phi) is 6.18. The molecule has 3 heterocycles. The number of carbonyl (C=O) groups excluding carboxylic acids is 1. The normalized spacial score (nSPS) is 15.0. The molecule has 0 aliphatic carbocycles. The molecule has 0 saturated carbocycles. The van der Waals surface area contributed by atoms with E-state index in [1.807, 2.05) is 6.92 Å². The van der Waals surface area contributed by atoms with Gasteiger partial charge in [0.1, 0.15) is 17.0 Å². The highest BCUT2D eigenvalue weighted by molar-refractivity contribution is 7.17. The van der Waals surface area contributed by atoms with E-state index in [1.54, 1.807) is 22.6 Å². The van der Waals surface area contributed by atoms with Crippen LogP contribution in [-0.4, -0.2) is 46.7 Å². The molecule has 1 aromatic carbocycles. The van der Waals surface area contributed by atoms with E-state index in [4.69, 9.17) is 4.74 Å². The fourth-order valence-corrected chi connectivity index (χ4v) is 4.78. The van der Waals surface area contributed by atoms with E-state index < -0.39 is 0 Å². The molecule has 3 aromatic rings. The molecule has 158 valence electrons. The quantitative estimate of drug-likeness (QED) is 0.584. The van der Waals surface area contributed by atoms with Crippen LogP contribution in [-0.2, 0) is 4.74 Å². The van der Waals surface area contributed by atoms with Crippen LogP contribution in [0.1, 0.15) is 45.1 Å². The van der Waals surface area contributed by atoms with E-state index in [-0.39, 0.29) is 12.1 Å². The first-order valence-corrected chi connectivity index (χ1v) is 11.5. The lowest BCUT2D eigenvalue weighted by Crippen LogP contribution is -2.42. The predicted octanol–water partition coefficient (Wildman–Crippen LogP) is 5.51. The number of hydrogen-bond acceptors (Lipinski definition) is 6. The van der Waals surface area contributed by atoms with Crippen molar-refractivity contribution in [1.82, 2.24) is 14.9 Å². The molecule has 30 heavy (non-hydrogen) atoms. The fourth-order valence-electron chi connectivity index (χ4n) is 3.86. The van der Waals surface area contributed by atoms with Gasteiger partial charge in [0.15, 0.2) is 0 Å². The summed E-state index contributed by atoms with van der Waals surface area (Å²) in [5.41, 5.74) is 3.68. The van der Waals surface area contributed by atoms with Crippen LogP contribution in [0.2, 0.25) is 0 Å². The van der Waals surface area contributed by atoms with Crippen molar-refractivity contribution in [2.75, 3.05) is 25.0 Å². The summed E-state index contributed by atoms with van der Waals surface area (Å²) in [7, 11) is 0. The van der Waals surface area contributed by atoms with Gasteiger partial charge in [0.05, 0.1) is 12.0 Å². The average Bonchev–Trinajstić information content (AvgIpc) is 3.20. The second kappa shape index (κ2) is 9.00. The Morgan fingerprint density at radius 1 is 1.23 bits per heavy atom. The molecule has 1 amide bonds. The molecule has 1 N–H and O–H groups in total. The Morgan fingerprint density at radius 3 is 2.63 bits per heavy atom. The number of nitrogens with one attached hydrogen (secondary N) is 1. The summed E-state index contributed by atoms with van der Waals surface area (Å²) in [6.45, 7) is 8.04. The van der Waals surface area contributed by atoms with Crippen LogP contribution in [0.4, 0.5) is 10.6 Å². The third-order valence-electron chi connectivity index (χ3n) is 5.62. The number of nitrogens with zero attached hydrogens (tertiary/aromatic N) is 3. The molecule has 0 atom stereocenters. The number of rotatable bonds is 5. The van der Waals surface area contributed by atoms with E-state index in [0.29, 0.717) is 25.6 Å². The van der Waals surface area contributed by atoms with Crippen molar-refractivity contribution in [3.8, 4) is 11.1 Å². The predicted molar refractivity (Wildman–Crippen MR) is 122 cm³/mol. The van der Waals surface area contributed by atoms with Gasteiger partial charge in [-0.05, 0) is 36.8 Å². The molecule has 0 spiro atoms. The summed E-state index contributed by atoms with van der Waals surface area (Å²) in [5.74, 6) is 1.39. The van der Waals surface area contributed by atoms with Gasteiger partial charge in [0, 0.05) is 30.1 Å². The van der Waals surface area contributed by atoms with E-state index in [1.165, 1.54) is 11.1 Å². The molecule has 2 aromatic heterocycles. The largest absolute Gasteiger partial charge is 0.450 e. The van der Waals surface area contributed by atoms with Gasteiger partial charge in [-0.1, -0.05) is 38.1 Å². The molecular formula is C23H28N4O2S. The molecule has 6 nitrogen and oxygen atoms in total. The summed E-state index contributed by atoms with van der Waals surface area (Å²) in [6.07, 6.45) is 3.14. The van der Waals surface area contributed by atoms with E-state index in [9.17, 15) is 4.79 Å². The lowest BCUT2D eigenvalue weighted by atomic mass is 9.99. The van der Waals surface area contributed by atoms with Crippen LogP contribution in [0.5, 0.6) is 0 Å². The SMILES string of the molecule is CCOC(=O)N1CCC(Nc2ncnc3scc(-c4ccc(C(C)C)cc4)c23)CC1. The van der Waals surface area contributed by atoms with Crippen molar-refractivity contribution in [2.45, 2.75) is 45.6 Å². The van der Waals surface area contributed by atoms with Gasteiger partial charge < -0.3 is 15.0 Å². The molecule has 7 heteroatoms. The molecule has 0 unspecified atom stereocenters. The van der Waals surface area contributed by atoms with Crippen molar-refractivity contribution in [2.24, 2.45) is 0 Å². The van der Waals surface area contributed by atoms with Crippen molar-refractivity contribution in [3.05, 3.63) is 41.5 Å². The molecular weight excluding hydrogens is 396 g/mol. The Hall–Kier alpha value is -2.67. The highest BCUT2D eigenvalue weighted by atomic mass is 32.1. The second-order valence-corrected chi connectivity index (χ2v) is 8.79. The minimum atomic E-state index is -0.217. The maximum atomic E-state index is 11.9. The van der Waals surface area contributed by atoms with Crippen molar-refractivity contribution in [3.63, 3.8) is 0 Å². The van der Waals surface area contributed by atoms with Crippen LogP contribution in [0, 0.1) is 0 Å². The second-order valence-electron chi connectivity index (χ2n) is 7.93. The number of fused-ring (bicyclic) bond motifs is 1. The zero-order valence-corrected chi connectivity index (χ0v) is 18.5. The van der Waals surface area contributed by atoms with Gasteiger partial charge in [-0.3, -0.25) is 0 Å². The number of amides is 1. The zero-order chi connectivity index (χ0) is 21.1. The minimum absolute atomic E-state index is 0.217. The molecule has 0 bridgehead atoms. The average molecular weight is 425 g/mol. The van der Waals surface area contributed by atoms with Crippen LogP contribution in [0.15, 0.2) is 36.0 Å². The number of benzene rings is 1. The summed E-state index contributed by atoms with van der Waals surface area (Å²) in [5, 5.41) is 6.86. The molecule has 4 rings (SSSR count). The smallest absolute Gasteiger partial charge is 0.409 e. The first kappa shape index (κ1) is 20.6. The van der Waals surface area contributed by atoms with Crippen LogP contribution >= 0.6 is 11.3 Å². The third-order valence-corrected chi connectivity index (χ3v) is 6.51. The fraction of sp³-hybridized carbons (Fsp3) is 0.435. The minimum Gasteiger partial charge on any atom is -0.450 e. The Morgan fingerprint density at radius 2 is 1.97 bits per heavy atom. The molecule has 1 aliphatic rings. The topological polar surface area (TPSA) is 67.3 Å². The van der Waals surface area contributed by atoms with Gasteiger partial charge >= 0.3 is 6.09 Å². The number of piperidine rings is 1. The highest BCUT2D eigenvalue weighted by Gasteiger charge is 2.24. The number of likely N-dealkylation sites (tertiary alicyclic amines) is 1. The summed E-state index contributed by atoms with van der Waals surface area (Å²) in [4.78, 5) is 23.8. The third kappa shape index (κ3) is 4.26. The summed E-state index contributed by atoms with van der Waals surface area (Å²) in [6, 6.07) is 9.04. The van der Waals surface area contributed by atoms with Gasteiger partial charge in [-0.2, -0.15) is 0 Å². The number of carbonyl (C=O) groups is 1. The maximum Gasteiger partial charge on any atom is 0.409 e. The standard InChI is InChI=1S/C23H28N4O2S/c1-4-29-23(28)27-11-9-18(10-12-27)26-21-20-19(13-30-22(20)25-14-24-21)17-7-5-16(6-8-17)15(2)3/h5-8,13-15,18H,4,9-12H2,1-3H3,(H,24,25,26). The summed E-state index contributed by atoms with van der Waals surface area (Å²) >= 11 is 1.64. The van der Waals surface area contributed by atoms with Crippen LogP contribution in [0.3, 0.4) is 0 Å². The van der Waals surface area contributed by atoms with Gasteiger partial charge in [-0.15, -0.1) is 11.3 Å². The highest BCUT2D eigenvalue weighted by Crippen LogP contribution is 2.37. The Labute approximate surface area is 181 Å². The van der Waals surface area contributed by atoms with Crippen molar-refractivity contribution in [1.29, 1.82) is 0 Å². The lowest BCUT2D eigenvalue weighted by molar-refractivity contribution is 0.0983. The first-order valence-electron chi connectivity index (χ1n) is 10.6. The number of aromatic nitrogens is 2. The molecule has 0 radical (unpaired) electrons. The van der Waals surface area contributed by atoms with Crippen molar-refractivity contribution >= 4 is 33.5 Å². The lowest BCUT2D eigenvalue weighted by Gasteiger charge is -2.32. The molecule has 1 fully saturated rings. The van der Waals surface area contributed by atoms with E-state index >= 15 is 0 Å². The maximum absolute atomic E-state index is 11.9. The first-order chi connectivity index (χ1) is 14.6. The molecule has 1 saturated heterocycles. The van der Waals surface area contributed by atoms with Crippen molar-refractivity contribution < 1.29 is 9.53 Å².